The van der Waals surface area contributed by atoms with Crippen molar-refractivity contribution < 1.29 is 36.2 Å². The molecule has 0 aromatic heterocycles. The molecule has 0 saturated heterocycles. The van der Waals surface area contributed by atoms with Crippen molar-refractivity contribution in [1.82, 2.24) is 0 Å². The van der Waals surface area contributed by atoms with Crippen molar-refractivity contribution in [3.63, 3.8) is 0 Å². The van der Waals surface area contributed by atoms with E-state index in [1.165, 1.54) is 93.4 Å². The minimum absolute atomic E-state index is 0.0505. The number of rotatable bonds is 25. The van der Waals surface area contributed by atoms with Gasteiger partial charge in [-0.25, -0.2) is 0 Å². The van der Waals surface area contributed by atoms with E-state index in [9.17, 15) is 0 Å². The Morgan fingerprint density at radius 3 is 0.632 bits per heavy atom. The van der Waals surface area contributed by atoms with Crippen molar-refractivity contribution in [2.75, 3.05) is 5.73 Å². The van der Waals surface area contributed by atoms with E-state index >= 15 is 0 Å². The monoisotopic (exact) mass is 1730 g/mol. The summed E-state index contributed by atoms with van der Waals surface area (Å²) in [6.45, 7) is 59.3. The van der Waals surface area contributed by atoms with Gasteiger partial charge in [0.25, 0.3) is 0 Å². The molecule has 0 aliphatic carbocycles. The number of nitrogen functional groups attached to an aromatic ring is 1. The van der Waals surface area contributed by atoms with Crippen LogP contribution in [0, 0.1) is 191 Å². The number of halogens is 1. The third kappa shape index (κ3) is 18.5. The molecule has 0 fully saturated rings. The van der Waals surface area contributed by atoms with Crippen LogP contribution in [0.1, 0.15) is 172 Å². The molecule has 0 bridgehead atoms. The van der Waals surface area contributed by atoms with E-state index < -0.39 is 33.5 Å². The first-order valence-electron chi connectivity index (χ1n) is 40.1. The number of hydrogen-bond donors (Lipinski definition) is 1. The SMILES string of the molecule is Bc1c(C)cc(C)c(OP(Cc2c(C)c(C)c(N)c(CP(Oc3c(C)cc(C)c(B)c3C)Oc3c(C)cc(C)c(B)c3C)c2-c2c(CP(Oc3c(C)cc(C)c(B)c3C)Oc3c(C)cc(C)c(B)c3C)[c]([K])c(C)c(I)c2CP(Oc2c(C)cc(C)c(B)c2C)Oc2c(C)cc(C)c(B)c2C)Oc2c(C)cc(C)c(B)c2C)c1C. The Morgan fingerprint density at radius 2 is 0.421 bits per heavy atom. The molecule has 0 radical (unpaired) electrons. The second-order valence-electron chi connectivity index (χ2n) is 33.3. The molecule has 114 heavy (non-hydrogen) atoms. The normalized spacial score (nSPS) is 11.6. The number of anilines is 1. The van der Waals surface area contributed by atoms with Crippen LogP contribution >= 0.6 is 56.1 Å². The van der Waals surface area contributed by atoms with Crippen LogP contribution in [0.2, 0.25) is 0 Å². The van der Waals surface area contributed by atoms with Gasteiger partial charge in [-0.1, -0.05) is 0 Å². The summed E-state index contributed by atoms with van der Waals surface area (Å²) in [5.41, 5.74) is 54.8. The zero-order valence-electron chi connectivity index (χ0n) is 75.5. The first kappa shape index (κ1) is 91.3. The molecular formula is C91H115B8IKNO8P4. The summed E-state index contributed by atoms with van der Waals surface area (Å²) in [6.07, 6.45) is 1.40. The van der Waals surface area contributed by atoms with Crippen molar-refractivity contribution in [1.29, 1.82) is 0 Å². The van der Waals surface area contributed by atoms with E-state index in [-0.39, 0.29) is 55.1 Å². The average Bonchev–Trinajstić information content (AvgIpc) is 0.728. The van der Waals surface area contributed by atoms with Gasteiger partial charge in [0.05, 0.1) is 0 Å². The van der Waals surface area contributed by atoms with Crippen LogP contribution in [0.15, 0.2) is 48.5 Å². The summed E-state index contributed by atoms with van der Waals surface area (Å²) in [5, 5.41) is 0. The Bertz CT molecular complexity index is 4650. The third-order valence-electron chi connectivity index (χ3n) is 25.8. The molecule has 10 aromatic carbocycles. The van der Waals surface area contributed by atoms with Crippen LogP contribution in [-0.4, -0.2) is 112 Å². The molecule has 9 nitrogen and oxygen atoms in total. The molecule has 0 heterocycles. The second-order valence-corrected chi connectivity index (χ2v) is 41.3. The van der Waals surface area contributed by atoms with E-state index in [0.29, 0.717) is 24.2 Å². The molecule has 0 aliphatic rings. The van der Waals surface area contributed by atoms with E-state index in [1.807, 2.05) is 0 Å². The third-order valence-corrected chi connectivity index (χ3v) is 34.8. The van der Waals surface area contributed by atoms with Crippen LogP contribution in [0.5, 0.6) is 46.0 Å². The fourth-order valence-electron chi connectivity index (χ4n) is 16.4. The van der Waals surface area contributed by atoms with Crippen LogP contribution in [0.3, 0.4) is 0 Å². The Labute approximate surface area is 744 Å². The molecule has 0 atom stereocenters. The van der Waals surface area contributed by atoms with Gasteiger partial charge in [-0.2, -0.15) is 0 Å². The number of nitrogens with two attached hydrogens (primary N) is 1. The summed E-state index contributed by atoms with van der Waals surface area (Å²) in [4.78, 5) is 0. The average molecular weight is 1730 g/mol. The van der Waals surface area contributed by atoms with E-state index in [4.69, 9.17) is 41.9 Å². The Balaban J connectivity index is 1.43. The summed E-state index contributed by atoms with van der Waals surface area (Å²) in [6, 6.07) is 18.1. The van der Waals surface area contributed by atoms with Gasteiger partial charge in [0.15, 0.2) is 0 Å². The van der Waals surface area contributed by atoms with Crippen molar-refractivity contribution in [2.24, 2.45) is 0 Å². The molecule has 10 rings (SSSR count). The van der Waals surface area contributed by atoms with Gasteiger partial charge in [-0.05, 0) is 27.7 Å². The van der Waals surface area contributed by atoms with Crippen LogP contribution < -0.4 is 85.3 Å². The summed E-state index contributed by atoms with van der Waals surface area (Å²) in [5.74, 6) is 6.64. The summed E-state index contributed by atoms with van der Waals surface area (Å²) in [7, 11) is 9.93. The zero-order chi connectivity index (χ0) is 84.5. The van der Waals surface area contributed by atoms with Gasteiger partial charge in [0.2, 0.25) is 0 Å². The molecule has 0 aliphatic heterocycles. The molecule has 0 spiro atoms. The second kappa shape index (κ2) is 36.9. The fourth-order valence-corrected chi connectivity index (χ4v) is 26.9. The van der Waals surface area contributed by atoms with Crippen LogP contribution in [-0.2, 0) is 24.6 Å². The molecular weight excluding hydrogens is 1610 g/mol. The van der Waals surface area contributed by atoms with Gasteiger partial charge < -0.3 is 0 Å². The predicted octanol–water partition coefficient (Wildman–Crippen LogP) is 12.6. The molecule has 0 saturated carbocycles. The van der Waals surface area contributed by atoms with Crippen molar-refractivity contribution in [3.05, 3.63) is 225 Å². The van der Waals surface area contributed by atoms with Crippen molar-refractivity contribution >= 4 is 217 Å². The van der Waals surface area contributed by atoms with E-state index in [0.717, 1.165) is 183 Å². The maximum atomic E-state index is 8.37. The number of aryl methyl sites for hydroxylation is 16. The fraction of sp³-hybridized carbons (Fsp3) is 0.341. The molecule has 2 N–H and O–H groups in total. The van der Waals surface area contributed by atoms with E-state index in [2.05, 4.69) is 321 Å². The Hall–Kier alpha value is -4.99. The van der Waals surface area contributed by atoms with Crippen molar-refractivity contribution in [2.45, 2.75) is 212 Å². The Kier molecular flexibility index (Phi) is 29.6. The first-order valence-corrected chi connectivity index (χ1v) is 48.2. The minimum atomic E-state index is -1.97. The molecule has 584 valence electrons. The van der Waals surface area contributed by atoms with Crippen LogP contribution in [0.25, 0.3) is 11.1 Å². The number of hydrogen-bond acceptors (Lipinski definition) is 9. The van der Waals surface area contributed by atoms with Gasteiger partial charge in [-0.3, -0.25) is 0 Å². The van der Waals surface area contributed by atoms with Crippen LogP contribution in [0.4, 0.5) is 5.69 Å². The number of benzene rings is 10. The first-order chi connectivity index (χ1) is 53.3. The molecule has 0 amide bonds. The topological polar surface area (TPSA) is 99.9 Å². The van der Waals surface area contributed by atoms with Gasteiger partial charge in [-0.15, -0.1) is 0 Å². The Morgan fingerprint density at radius 1 is 0.246 bits per heavy atom. The molecule has 0 unspecified atom stereocenters. The summed E-state index contributed by atoms with van der Waals surface area (Å²) < 4.78 is 65.4. The van der Waals surface area contributed by atoms with Gasteiger partial charge in [0, 0.05) is 0 Å². The molecule has 10 aromatic rings. The van der Waals surface area contributed by atoms with Crippen molar-refractivity contribution in [3.8, 4) is 57.1 Å². The maximum absolute atomic E-state index is 8.37. The van der Waals surface area contributed by atoms with Gasteiger partial charge in [0.1, 0.15) is 0 Å². The molecule has 23 heteroatoms. The predicted molar refractivity (Wildman–Crippen MR) is 527 cm³/mol. The quantitative estimate of drug-likeness (QED) is 0.0260. The zero-order valence-corrected chi connectivity index (χ0v) is 84.3. The summed E-state index contributed by atoms with van der Waals surface area (Å²) >= 11 is 2.75. The van der Waals surface area contributed by atoms with Gasteiger partial charge >= 0.3 is 724 Å². The standard InChI is InChI=1S/C91H115B8INO8P4.K/c1-41-28-50(10)84(60(20)74(41)92)102-110(103-85-51(11)29-42(2)75(93)61(85)21)37-68-36-49(9)82(100)70(39-112(106-88-54(14)32-45(5)78(96)64(88)24)107-89-55(15)33-46(6)79(97)65(89)25)72(68)73-69(38-111(104-86-52(12)30-43(3)76(94)62(86)22)105-87-53(13)31-44(4)77(95)63(87)23)58(18)59(19)83(101)71(73)40-113(108-90-56(16)34-47(7)80(98)66(90)26)109-91-57(17)35-48(8)81(99)67(91)27;/h28-35H,37-40,92-99,101H2,1-27H3;. The van der Waals surface area contributed by atoms with E-state index in [1.54, 1.807) is 0 Å².